The molecule has 0 bridgehead atoms. The van der Waals surface area contributed by atoms with Gasteiger partial charge in [-0.3, -0.25) is 24.5 Å². The van der Waals surface area contributed by atoms with Crippen molar-refractivity contribution in [3.05, 3.63) is 29.3 Å². The maximum absolute atomic E-state index is 12.7. The Bertz CT molecular complexity index is 768. The van der Waals surface area contributed by atoms with Crippen LogP contribution in [0.2, 0.25) is 0 Å². The van der Waals surface area contributed by atoms with Crippen molar-refractivity contribution in [1.29, 1.82) is 0 Å². The Morgan fingerprint density at radius 2 is 2.00 bits per heavy atom. The predicted molar refractivity (Wildman–Crippen MR) is 106 cm³/mol. The van der Waals surface area contributed by atoms with E-state index in [0.29, 0.717) is 18.5 Å². The van der Waals surface area contributed by atoms with Gasteiger partial charge < -0.3 is 10.2 Å². The third-order valence-electron chi connectivity index (χ3n) is 5.06. The lowest BCUT2D eigenvalue weighted by Crippen LogP contribution is -2.52. The monoisotopic (exact) mass is 403 g/mol. The molecular weight excluding hydrogens is 378 g/mol. The van der Waals surface area contributed by atoms with Crippen molar-refractivity contribution in [3.63, 3.8) is 0 Å². The minimum absolute atomic E-state index is 0.134. The topological polar surface area (TPSA) is 95.6 Å². The predicted octanol–water partition coefficient (Wildman–Crippen LogP) is 1.85. The van der Waals surface area contributed by atoms with Gasteiger partial charge in [0.2, 0.25) is 18.2 Å². The number of piperidine rings is 1. The number of unbranched alkanes of at least 4 members (excludes halogenated alkanes) is 3. The maximum atomic E-state index is 12.7. The summed E-state index contributed by atoms with van der Waals surface area (Å²) in [6.07, 6.45) is 5.71. The van der Waals surface area contributed by atoms with Crippen molar-refractivity contribution < 1.29 is 19.2 Å². The van der Waals surface area contributed by atoms with Crippen LogP contribution in [0.4, 0.5) is 0 Å². The number of amides is 4. The van der Waals surface area contributed by atoms with E-state index in [1.165, 1.54) is 0 Å². The van der Waals surface area contributed by atoms with Gasteiger partial charge in [0.25, 0.3) is 5.91 Å². The molecule has 1 aromatic carbocycles. The molecule has 1 unspecified atom stereocenters. The molecule has 2 aliphatic rings. The SMILES string of the molecule is O=CNCCCCCCSc1ccc2c(c1)CN(C1CCC(=O)NC1=O)C2=O. The molecule has 0 radical (unpaired) electrons. The first kappa shape index (κ1) is 20.4. The van der Waals surface area contributed by atoms with Gasteiger partial charge in [0, 0.05) is 30.0 Å². The van der Waals surface area contributed by atoms with E-state index >= 15 is 0 Å². The molecule has 7 nitrogen and oxygen atoms in total. The average Bonchev–Trinajstić information content (AvgIpc) is 3.00. The maximum Gasteiger partial charge on any atom is 0.255 e. The molecule has 2 heterocycles. The van der Waals surface area contributed by atoms with E-state index in [1.807, 2.05) is 18.2 Å². The standard InChI is InChI=1S/C20H25N3O4S/c24-13-21-9-3-1-2-4-10-28-15-5-6-16-14(11-15)12-23(20(16)27)17-7-8-18(25)22-19(17)26/h5-6,11,13,17H,1-4,7-10,12H2,(H,21,24)(H,22,25,26). The fourth-order valence-corrected chi connectivity index (χ4v) is 4.55. The Balaban J connectivity index is 1.49. The number of nitrogens with one attached hydrogen (secondary N) is 2. The quantitative estimate of drug-likeness (QED) is 0.269. The van der Waals surface area contributed by atoms with Crippen LogP contribution >= 0.6 is 11.8 Å². The minimum Gasteiger partial charge on any atom is -0.359 e. The van der Waals surface area contributed by atoms with E-state index in [4.69, 9.17) is 0 Å². The number of carbonyl (C=O) groups excluding carboxylic acids is 4. The van der Waals surface area contributed by atoms with Gasteiger partial charge in [-0.25, -0.2) is 0 Å². The van der Waals surface area contributed by atoms with Gasteiger partial charge in [-0.1, -0.05) is 12.8 Å². The first-order valence-corrected chi connectivity index (χ1v) is 10.7. The molecule has 2 aliphatic heterocycles. The van der Waals surface area contributed by atoms with E-state index in [9.17, 15) is 19.2 Å². The van der Waals surface area contributed by atoms with Gasteiger partial charge in [-0.05, 0) is 48.8 Å². The van der Waals surface area contributed by atoms with Crippen LogP contribution in [0.3, 0.4) is 0 Å². The molecule has 1 atom stereocenters. The van der Waals surface area contributed by atoms with Crippen molar-refractivity contribution in [1.82, 2.24) is 15.5 Å². The van der Waals surface area contributed by atoms with Crippen molar-refractivity contribution in [3.8, 4) is 0 Å². The molecule has 3 rings (SSSR count). The third-order valence-corrected chi connectivity index (χ3v) is 6.14. The number of imide groups is 1. The van der Waals surface area contributed by atoms with Crippen LogP contribution in [0.5, 0.6) is 0 Å². The van der Waals surface area contributed by atoms with E-state index in [-0.39, 0.29) is 24.1 Å². The van der Waals surface area contributed by atoms with Gasteiger partial charge in [0.1, 0.15) is 6.04 Å². The fourth-order valence-electron chi connectivity index (χ4n) is 3.57. The second kappa shape index (κ2) is 9.73. The molecule has 0 saturated carbocycles. The Hall–Kier alpha value is -2.35. The summed E-state index contributed by atoms with van der Waals surface area (Å²) in [5, 5.41) is 4.99. The number of nitrogens with zero attached hydrogens (tertiary/aromatic N) is 1. The van der Waals surface area contributed by atoms with E-state index < -0.39 is 6.04 Å². The molecule has 1 fully saturated rings. The molecule has 1 aromatic rings. The largest absolute Gasteiger partial charge is 0.359 e. The number of benzene rings is 1. The zero-order valence-corrected chi connectivity index (χ0v) is 16.6. The van der Waals surface area contributed by atoms with Crippen LogP contribution < -0.4 is 10.6 Å². The van der Waals surface area contributed by atoms with Crippen molar-refractivity contribution in [2.45, 2.75) is 56.0 Å². The smallest absolute Gasteiger partial charge is 0.255 e. The molecule has 4 amide bonds. The molecule has 0 spiro atoms. The average molecular weight is 404 g/mol. The van der Waals surface area contributed by atoms with Crippen molar-refractivity contribution >= 4 is 35.9 Å². The van der Waals surface area contributed by atoms with Crippen LogP contribution in [0.25, 0.3) is 0 Å². The Morgan fingerprint density at radius 3 is 2.79 bits per heavy atom. The van der Waals surface area contributed by atoms with Crippen LogP contribution in [0, 0.1) is 0 Å². The number of fused-ring (bicyclic) bond motifs is 1. The molecule has 8 heteroatoms. The highest BCUT2D eigenvalue weighted by atomic mass is 32.2. The second-order valence-electron chi connectivity index (χ2n) is 7.05. The number of hydrogen-bond donors (Lipinski definition) is 2. The summed E-state index contributed by atoms with van der Waals surface area (Å²) in [6, 6.07) is 5.28. The molecule has 0 aromatic heterocycles. The third kappa shape index (κ3) is 4.92. The van der Waals surface area contributed by atoms with Crippen molar-refractivity contribution in [2.75, 3.05) is 12.3 Å². The number of rotatable bonds is 10. The van der Waals surface area contributed by atoms with Crippen LogP contribution in [0.1, 0.15) is 54.4 Å². The number of hydrogen-bond acceptors (Lipinski definition) is 5. The zero-order chi connectivity index (χ0) is 19.9. The Morgan fingerprint density at radius 1 is 1.18 bits per heavy atom. The molecular formula is C20H25N3O4S. The van der Waals surface area contributed by atoms with E-state index in [0.717, 1.165) is 54.8 Å². The summed E-state index contributed by atoms with van der Waals surface area (Å²) in [6.45, 7) is 1.15. The lowest BCUT2D eigenvalue weighted by Gasteiger charge is -2.29. The van der Waals surface area contributed by atoms with Gasteiger partial charge in [0.15, 0.2) is 0 Å². The summed E-state index contributed by atoms with van der Waals surface area (Å²) in [7, 11) is 0. The number of thioether (sulfide) groups is 1. The highest BCUT2D eigenvalue weighted by Crippen LogP contribution is 2.31. The van der Waals surface area contributed by atoms with Gasteiger partial charge in [-0.2, -0.15) is 0 Å². The second-order valence-corrected chi connectivity index (χ2v) is 8.22. The van der Waals surface area contributed by atoms with E-state index in [2.05, 4.69) is 10.6 Å². The molecule has 150 valence electrons. The summed E-state index contributed by atoms with van der Waals surface area (Å²) in [5.74, 6) is 0.217. The molecule has 0 aliphatic carbocycles. The Labute approximate surface area is 168 Å². The molecule has 2 N–H and O–H groups in total. The van der Waals surface area contributed by atoms with Gasteiger partial charge in [-0.15, -0.1) is 11.8 Å². The first-order valence-electron chi connectivity index (χ1n) is 9.67. The zero-order valence-electron chi connectivity index (χ0n) is 15.7. The summed E-state index contributed by atoms with van der Waals surface area (Å²) < 4.78 is 0. The summed E-state index contributed by atoms with van der Waals surface area (Å²) in [4.78, 5) is 49.0. The normalized spacial score (nSPS) is 18.8. The lowest BCUT2D eigenvalue weighted by molar-refractivity contribution is -0.136. The van der Waals surface area contributed by atoms with Crippen molar-refractivity contribution in [2.24, 2.45) is 0 Å². The lowest BCUT2D eigenvalue weighted by atomic mass is 10.0. The highest BCUT2D eigenvalue weighted by molar-refractivity contribution is 7.99. The summed E-state index contributed by atoms with van der Waals surface area (Å²) >= 11 is 1.77. The fraction of sp³-hybridized carbons (Fsp3) is 0.500. The molecule has 28 heavy (non-hydrogen) atoms. The van der Waals surface area contributed by atoms with Crippen LogP contribution in [-0.2, 0) is 20.9 Å². The summed E-state index contributed by atoms with van der Waals surface area (Å²) in [5.41, 5.74) is 1.59. The highest BCUT2D eigenvalue weighted by Gasteiger charge is 2.38. The Kier molecular flexibility index (Phi) is 7.08. The molecule has 1 saturated heterocycles. The number of carbonyl (C=O) groups is 4. The van der Waals surface area contributed by atoms with Gasteiger partial charge >= 0.3 is 0 Å². The first-order chi connectivity index (χ1) is 13.6. The van der Waals surface area contributed by atoms with Gasteiger partial charge in [0.05, 0.1) is 0 Å². The minimum atomic E-state index is -0.567. The van der Waals surface area contributed by atoms with Crippen LogP contribution in [-0.4, -0.2) is 47.4 Å². The van der Waals surface area contributed by atoms with E-state index in [1.54, 1.807) is 16.7 Å². The van der Waals surface area contributed by atoms with Crippen LogP contribution in [0.15, 0.2) is 23.1 Å².